The molecule has 0 unspecified atom stereocenters. The maximum Gasteiger partial charge on any atom is 0.259 e. The maximum absolute atomic E-state index is 12.6. The predicted octanol–water partition coefficient (Wildman–Crippen LogP) is 4.51. The SMILES string of the molecule is O=c1[nH]c(CSc2n[nH]c(COc3ccc(Cl)cc3)n2)nc2sc3c(c12)CCCC3. The highest BCUT2D eigenvalue weighted by Crippen LogP contribution is 2.33. The number of aromatic nitrogens is 5. The van der Waals surface area contributed by atoms with E-state index in [1.54, 1.807) is 35.6 Å². The smallest absolute Gasteiger partial charge is 0.259 e. The van der Waals surface area contributed by atoms with Crippen LogP contribution in [0.1, 0.15) is 34.9 Å². The summed E-state index contributed by atoms with van der Waals surface area (Å²) < 4.78 is 5.67. The summed E-state index contributed by atoms with van der Waals surface area (Å²) in [5.74, 6) is 2.46. The molecule has 0 amide bonds. The van der Waals surface area contributed by atoms with E-state index < -0.39 is 0 Å². The first-order valence-corrected chi connectivity index (χ1v) is 11.8. The monoisotopic (exact) mass is 459 g/mol. The molecule has 0 atom stereocenters. The van der Waals surface area contributed by atoms with Gasteiger partial charge >= 0.3 is 0 Å². The molecule has 2 N–H and O–H groups in total. The molecule has 154 valence electrons. The topological polar surface area (TPSA) is 96.5 Å². The summed E-state index contributed by atoms with van der Waals surface area (Å²) in [5.41, 5.74) is 1.16. The van der Waals surface area contributed by atoms with E-state index in [2.05, 4.69) is 25.1 Å². The number of nitrogens with zero attached hydrogens (tertiary/aromatic N) is 3. The fourth-order valence-electron chi connectivity index (χ4n) is 3.50. The Labute approximate surface area is 185 Å². The number of H-pyrrole nitrogens is 2. The molecular formula is C20H18ClN5O2S2. The Morgan fingerprint density at radius 1 is 1.13 bits per heavy atom. The molecular weight excluding hydrogens is 442 g/mol. The van der Waals surface area contributed by atoms with Crippen LogP contribution in [-0.4, -0.2) is 25.1 Å². The minimum absolute atomic E-state index is 0.0398. The van der Waals surface area contributed by atoms with Gasteiger partial charge in [-0.15, -0.1) is 16.4 Å². The lowest BCUT2D eigenvalue weighted by atomic mass is 9.97. The van der Waals surface area contributed by atoms with Crippen molar-refractivity contribution in [2.24, 2.45) is 0 Å². The van der Waals surface area contributed by atoms with E-state index in [4.69, 9.17) is 16.3 Å². The summed E-state index contributed by atoms with van der Waals surface area (Å²) in [6, 6.07) is 7.14. The van der Waals surface area contributed by atoms with E-state index in [-0.39, 0.29) is 12.2 Å². The second-order valence-corrected chi connectivity index (χ2v) is 9.46. The van der Waals surface area contributed by atoms with Gasteiger partial charge in [-0.25, -0.2) is 9.97 Å². The van der Waals surface area contributed by atoms with Crippen molar-refractivity contribution >= 4 is 44.9 Å². The number of aryl methyl sites for hydroxylation is 2. The third-order valence-electron chi connectivity index (χ3n) is 4.91. The van der Waals surface area contributed by atoms with Crippen molar-refractivity contribution in [3.05, 3.63) is 61.7 Å². The molecule has 1 aliphatic carbocycles. The van der Waals surface area contributed by atoms with Crippen molar-refractivity contribution in [2.75, 3.05) is 0 Å². The first-order valence-electron chi connectivity index (χ1n) is 9.61. The molecule has 0 saturated carbocycles. The highest BCUT2D eigenvalue weighted by Gasteiger charge is 2.20. The fraction of sp³-hybridized carbons (Fsp3) is 0.300. The van der Waals surface area contributed by atoms with Crippen molar-refractivity contribution in [1.29, 1.82) is 0 Å². The molecule has 3 aromatic heterocycles. The van der Waals surface area contributed by atoms with Crippen LogP contribution >= 0.6 is 34.7 Å². The summed E-state index contributed by atoms with van der Waals surface area (Å²) in [7, 11) is 0. The van der Waals surface area contributed by atoms with Crippen LogP contribution in [0.2, 0.25) is 5.02 Å². The number of nitrogens with one attached hydrogen (secondary N) is 2. The summed E-state index contributed by atoms with van der Waals surface area (Å²) >= 11 is 8.94. The lowest BCUT2D eigenvalue weighted by Gasteiger charge is -2.09. The zero-order valence-electron chi connectivity index (χ0n) is 15.9. The van der Waals surface area contributed by atoms with E-state index in [9.17, 15) is 4.79 Å². The van der Waals surface area contributed by atoms with Gasteiger partial charge in [-0.2, -0.15) is 0 Å². The fourth-order valence-corrected chi connectivity index (χ4v) is 5.59. The summed E-state index contributed by atoms with van der Waals surface area (Å²) in [6.45, 7) is 0.275. The predicted molar refractivity (Wildman–Crippen MR) is 119 cm³/mol. The summed E-state index contributed by atoms with van der Waals surface area (Å²) in [6.07, 6.45) is 4.37. The van der Waals surface area contributed by atoms with Crippen LogP contribution < -0.4 is 10.3 Å². The molecule has 1 aliphatic rings. The van der Waals surface area contributed by atoms with Crippen LogP contribution in [0.5, 0.6) is 5.75 Å². The lowest BCUT2D eigenvalue weighted by molar-refractivity contribution is 0.296. The number of thioether (sulfide) groups is 1. The number of fused-ring (bicyclic) bond motifs is 3. The second-order valence-electron chi connectivity index (χ2n) is 7.00. The van der Waals surface area contributed by atoms with Gasteiger partial charge in [-0.1, -0.05) is 23.4 Å². The highest BCUT2D eigenvalue weighted by molar-refractivity contribution is 7.98. The Morgan fingerprint density at radius 3 is 2.83 bits per heavy atom. The van der Waals surface area contributed by atoms with E-state index in [1.807, 2.05) is 0 Å². The first-order chi connectivity index (χ1) is 14.7. The molecule has 0 bridgehead atoms. The number of hydrogen-bond acceptors (Lipinski definition) is 7. The number of halogens is 1. The van der Waals surface area contributed by atoms with Crippen molar-refractivity contribution in [1.82, 2.24) is 25.1 Å². The van der Waals surface area contributed by atoms with Gasteiger partial charge in [0.1, 0.15) is 23.0 Å². The second kappa shape index (κ2) is 8.41. The summed E-state index contributed by atoms with van der Waals surface area (Å²) in [5, 5.41) is 9.10. The Morgan fingerprint density at radius 2 is 1.97 bits per heavy atom. The van der Waals surface area contributed by atoms with Crippen molar-refractivity contribution in [3.63, 3.8) is 0 Å². The average Bonchev–Trinajstić information content (AvgIpc) is 3.36. The minimum atomic E-state index is -0.0398. The Kier molecular flexibility index (Phi) is 5.49. The van der Waals surface area contributed by atoms with E-state index in [1.165, 1.54) is 28.6 Å². The average molecular weight is 460 g/mol. The van der Waals surface area contributed by atoms with Crippen molar-refractivity contribution < 1.29 is 4.74 Å². The molecule has 3 heterocycles. The van der Waals surface area contributed by atoms with Gasteiger partial charge in [0.2, 0.25) is 5.16 Å². The van der Waals surface area contributed by atoms with Gasteiger partial charge in [0.25, 0.3) is 5.56 Å². The van der Waals surface area contributed by atoms with Crippen molar-refractivity contribution in [2.45, 2.75) is 43.2 Å². The first kappa shape index (κ1) is 19.6. The third kappa shape index (κ3) is 4.10. The molecule has 0 saturated heterocycles. The number of benzene rings is 1. The molecule has 30 heavy (non-hydrogen) atoms. The Hall–Kier alpha value is -2.36. The number of thiophene rings is 1. The molecule has 0 aliphatic heterocycles. The van der Waals surface area contributed by atoms with Crippen LogP contribution in [0.25, 0.3) is 10.2 Å². The van der Waals surface area contributed by atoms with Crippen LogP contribution in [-0.2, 0) is 25.2 Å². The van der Waals surface area contributed by atoms with E-state index >= 15 is 0 Å². The van der Waals surface area contributed by atoms with Crippen LogP contribution in [0, 0.1) is 0 Å². The molecule has 4 aromatic rings. The molecule has 5 rings (SSSR count). The van der Waals surface area contributed by atoms with Crippen LogP contribution in [0.4, 0.5) is 0 Å². The zero-order valence-corrected chi connectivity index (χ0v) is 18.3. The zero-order chi connectivity index (χ0) is 20.5. The third-order valence-corrected chi connectivity index (χ3v) is 7.21. The van der Waals surface area contributed by atoms with Gasteiger partial charge in [-0.05, 0) is 55.5 Å². The Balaban J connectivity index is 1.24. The normalized spacial score (nSPS) is 13.5. The largest absolute Gasteiger partial charge is 0.486 e. The maximum atomic E-state index is 12.6. The molecule has 0 radical (unpaired) electrons. The van der Waals surface area contributed by atoms with Gasteiger partial charge < -0.3 is 9.72 Å². The minimum Gasteiger partial charge on any atom is -0.486 e. The van der Waals surface area contributed by atoms with Crippen LogP contribution in [0.15, 0.2) is 34.2 Å². The summed E-state index contributed by atoms with van der Waals surface area (Å²) in [4.78, 5) is 26.8. The van der Waals surface area contributed by atoms with E-state index in [0.29, 0.717) is 33.3 Å². The molecule has 10 heteroatoms. The molecule has 0 fully saturated rings. The standard InChI is InChI=1S/C20H18ClN5O2S2/c21-11-5-7-12(8-6-11)28-9-15-24-20(26-25-15)29-10-16-22-18(27)17-13-3-1-2-4-14(13)30-19(17)23-16/h5-8H,1-4,9-10H2,(H,22,23,27)(H,24,25,26). The van der Waals surface area contributed by atoms with E-state index in [0.717, 1.165) is 29.5 Å². The van der Waals surface area contributed by atoms with Gasteiger partial charge in [0.05, 0.1) is 11.1 Å². The van der Waals surface area contributed by atoms with Gasteiger partial charge in [0, 0.05) is 9.90 Å². The molecule has 1 aromatic carbocycles. The number of ether oxygens (including phenoxy) is 1. The lowest BCUT2D eigenvalue weighted by Crippen LogP contribution is -2.12. The van der Waals surface area contributed by atoms with Crippen LogP contribution in [0.3, 0.4) is 0 Å². The van der Waals surface area contributed by atoms with Gasteiger partial charge in [-0.3, -0.25) is 9.89 Å². The molecule has 0 spiro atoms. The molecule has 7 nitrogen and oxygen atoms in total. The Bertz CT molecular complexity index is 1250. The number of hydrogen-bond donors (Lipinski definition) is 2. The quantitative estimate of drug-likeness (QED) is 0.412. The number of rotatable bonds is 6. The number of aromatic amines is 2. The van der Waals surface area contributed by atoms with Crippen molar-refractivity contribution in [3.8, 4) is 5.75 Å². The highest BCUT2D eigenvalue weighted by atomic mass is 35.5. The van der Waals surface area contributed by atoms with Gasteiger partial charge in [0.15, 0.2) is 5.82 Å².